The van der Waals surface area contributed by atoms with Crippen LogP contribution in [0.2, 0.25) is 0 Å². The number of nitrogens with one attached hydrogen (secondary N) is 1. The summed E-state index contributed by atoms with van der Waals surface area (Å²) in [5.41, 5.74) is 2.88. The molecule has 1 rings (SSSR count). The van der Waals surface area contributed by atoms with Crippen LogP contribution in [0.4, 0.5) is 0 Å². The van der Waals surface area contributed by atoms with Crippen molar-refractivity contribution >= 4 is 23.4 Å². The summed E-state index contributed by atoms with van der Waals surface area (Å²) in [6.45, 7) is 2.16. The van der Waals surface area contributed by atoms with E-state index in [9.17, 15) is 0 Å². The molecular weight excluding hydrogens is 226 g/mol. The van der Waals surface area contributed by atoms with E-state index in [1.165, 1.54) is 10.5 Å². The molecule has 0 radical (unpaired) electrons. The average Bonchev–Trinajstić information content (AvgIpc) is 2.29. The van der Waals surface area contributed by atoms with E-state index in [2.05, 4.69) is 36.5 Å². The van der Waals surface area contributed by atoms with E-state index in [-0.39, 0.29) is 0 Å². The zero-order chi connectivity index (χ0) is 11.1. The molecular formula is C12H16ClNS. The lowest BCUT2D eigenvalue weighted by atomic mass is 10.1. The fourth-order valence-corrected chi connectivity index (χ4v) is 2.19. The summed E-state index contributed by atoms with van der Waals surface area (Å²) in [6.07, 6.45) is 1.94. The van der Waals surface area contributed by atoms with Gasteiger partial charge in [-0.1, -0.05) is 29.8 Å². The lowest BCUT2D eigenvalue weighted by molar-refractivity contribution is 0.651. The van der Waals surface area contributed by atoms with E-state index in [1.54, 1.807) is 17.3 Å². The molecule has 0 aromatic heterocycles. The normalized spacial score (nSPS) is 13.3. The third kappa shape index (κ3) is 4.29. The first-order valence-corrected chi connectivity index (χ1v) is 6.35. The van der Waals surface area contributed by atoms with Gasteiger partial charge in [-0.15, -0.1) is 11.8 Å². The van der Waals surface area contributed by atoms with Crippen LogP contribution < -0.4 is 5.32 Å². The van der Waals surface area contributed by atoms with Crippen LogP contribution in [0.1, 0.15) is 18.5 Å². The summed E-state index contributed by atoms with van der Waals surface area (Å²) in [6, 6.07) is 8.97. The molecule has 0 bridgehead atoms. The Kier molecular flexibility index (Phi) is 5.84. The average molecular weight is 242 g/mol. The molecule has 0 saturated heterocycles. The summed E-state index contributed by atoms with van der Waals surface area (Å²) < 4.78 is 0. The van der Waals surface area contributed by atoms with Gasteiger partial charge in [0.05, 0.1) is 0 Å². The molecule has 1 aromatic carbocycles. The van der Waals surface area contributed by atoms with Crippen molar-refractivity contribution in [1.29, 1.82) is 0 Å². The third-order valence-corrected chi connectivity index (χ3v) is 3.35. The van der Waals surface area contributed by atoms with Gasteiger partial charge in [0.15, 0.2) is 0 Å². The molecule has 3 heteroatoms. The van der Waals surface area contributed by atoms with E-state index >= 15 is 0 Å². The minimum atomic E-state index is 0.397. The Morgan fingerprint density at radius 1 is 1.53 bits per heavy atom. The zero-order valence-corrected chi connectivity index (χ0v) is 10.6. The van der Waals surface area contributed by atoms with Crippen LogP contribution in [-0.4, -0.2) is 12.8 Å². The molecule has 1 N–H and O–H groups in total. The molecule has 0 amide bonds. The largest absolute Gasteiger partial charge is 0.313 e. The van der Waals surface area contributed by atoms with Crippen LogP contribution in [0.5, 0.6) is 0 Å². The second-order valence-electron chi connectivity index (χ2n) is 3.26. The van der Waals surface area contributed by atoms with Crippen molar-refractivity contribution < 1.29 is 0 Å². The number of rotatable bonds is 5. The number of benzene rings is 1. The van der Waals surface area contributed by atoms with Crippen LogP contribution in [-0.2, 0) is 0 Å². The van der Waals surface area contributed by atoms with Crippen LogP contribution >= 0.6 is 23.4 Å². The lowest BCUT2D eigenvalue weighted by Gasteiger charge is -2.11. The molecule has 0 aliphatic carbocycles. The fraction of sp³-hybridized carbons (Fsp3) is 0.333. The summed E-state index contributed by atoms with van der Waals surface area (Å²) in [5, 5.41) is 3.23. The monoisotopic (exact) mass is 241 g/mol. The van der Waals surface area contributed by atoms with Crippen molar-refractivity contribution in [3.63, 3.8) is 0 Å². The predicted octanol–water partition coefficient (Wildman–Crippen LogP) is 3.81. The number of halogens is 1. The fourth-order valence-electron chi connectivity index (χ4n) is 1.22. The van der Waals surface area contributed by atoms with E-state index in [1.807, 2.05) is 13.1 Å². The van der Waals surface area contributed by atoms with Gasteiger partial charge in [0.1, 0.15) is 0 Å². The van der Waals surface area contributed by atoms with Gasteiger partial charge in [-0.25, -0.2) is 0 Å². The molecule has 0 aliphatic heterocycles. The maximum Gasteiger partial charge on any atom is 0.0289 e. The van der Waals surface area contributed by atoms with E-state index in [4.69, 9.17) is 11.6 Å². The van der Waals surface area contributed by atoms with Crippen molar-refractivity contribution in [3.05, 3.63) is 41.4 Å². The number of thioether (sulfide) groups is 1. The van der Waals surface area contributed by atoms with E-state index < -0.39 is 0 Å². The third-order valence-electron chi connectivity index (χ3n) is 2.23. The molecule has 0 heterocycles. The SMILES string of the molecule is CNC(C)c1cccc(SCC=CCl)c1. The van der Waals surface area contributed by atoms with Crippen LogP contribution in [0.25, 0.3) is 0 Å². The highest BCUT2D eigenvalue weighted by Gasteiger charge is 2.02. The first-order chi connectivity index (χ1) is 7.27. The zero-order valence-electron chi connectivity index (χ0n) is 9.03. The smallest absolute Gasteiger partial charge is 0.0289 e. The number of hydrogen-bond donors (Lipinski definition) is 1. The second kappa shape index (κ2) is 6.94. The maximum atomic E-state index is 5.47. The van der Waals surface area contributed by atoms with Crippen LogP contribution in [0, 0.1) is 0 Å². The summed E-state index contributed by atoms with van der Waals surface area (Å²) in [7, 11) is 1.97. The molecule has 1 unspecified atom stereocenters. The van der Waals surface area contributed by atoms with Gasteiger partial charge in [-0.05, 0) is 31.7 Å². The second-order valence-corrected chi connectivity index (χ2v) is 4.60. The highest BCUT2D eigenvalue weighted by molar-refractivity contribution is 7.99. The van der Waals surface area contributed by atoms with Crippen molar-refractivity contribution in [2.24, 2.45) is 0 Å². The first kappa shape index (κ1) is 12.6. The quantitative estimate of drug-likeness (QED) is 0.787. The minimum Gasteiger partial charge on any atom is -0.313 e. The molecule has 1 nitrogen and oxygen atoms in total. The molecule has 1 atom stereocenters. The Morgan fingerprint density at radius 2 is 2.33 bits per heavy atom. The summed E-state index contributed by atoms with van der Waals surface area (Å²) in [4.78, 5) is 1.28. The topological polar surface area (TPSA) is 12.0 Å². The van der Waals surface area contributed by atoms with Crippen molar-refractivity contribution in [2.75, 3.05) is 12.8 Å². The van der Waals surface area contributed by atoms with Gasteiger partial charge < -0.3 is 5.32 Å². The Bertz CT molecular complexity index is 325. The van der Waals surface area contributed by atoms with Gasteiger partial charge >= 0.3 is 0 Å². The van der Waals surface area contributed by atoms with Gasteiger partial charge in [-0.3, -0.25) is 0 Å². The summed E-state index contributed by atoms with van der Waals surface area (Å²) >= 11 is 7.26. The van der Waals surface area contributed by atoms with Crippen LogP contribution in [0.3, 0.4) is 0 Å². The maximum absolute atomic E-state index is 5.47. The number of hydrogen-bond acceptors (Lipinski definition) is 2. The highest BCUT2D eigenvalue weighted by atomic mass is 35.5. The molecule has 0 fully saturated rings. The highest BCUT2D eigenvalue weighted by Crippen LogP contribution is 2.22. The molecule has 1 aromatic rings. The first-order valence-electron chi connectivity index (χ1n) is 4.93. The van der Waals surface area contributed by atoms with Crippen LogP contribution in [0.15, 0.2) is 40.8 Å². The lowest BCUT2D eigenvalue weighted by Crippen LogP contribution is -2.11. The Labute approximate surface area is 101 Å². The predicted molar refractivity (Wildman–Crippen MR) is 69.6 cm³/mol. The Hall–Kier alpha value is -0.440. The van der Waals surface area contributed by atoms with Gasteiger partial charge in [0, 0.05) is 22.2 Å². The molecule has 0 spiro atoms. The van der Waals surface area contributed by atoms with Crippen molar-refractivity contribution in [3.8, 4) is 0 Å². The standard InChI is InChI=1S/C12H16ClNS/c1-10(14-2)11-5-3-6-12(9-11)15-8-4-7-13/h3-7,9-10,14H,8H2,1-2H3. The van der Waals surface area contributed by atoms with Crippen molar-refractivity contribution in [2.45, 2.75) is 17.9 Å². The molecule has 0 aliphatic rings. The van der Waals surface area contributed by atoms with Gasteiger partial charge in [-0.2, -0.15) is 0 Å². The molecule has 0 saturated carbocycles. The molecule has 82 valence electrons. The van der Waals surface area contributed by atoms with Gasteiger partial charge in [0.2, 0.25) is 0 Å². The van der Waals surface area contributed by atoms with E-state index in [0.29, 0.717) is 6.04 Å². The molecule has 15 heavy (non-hydrogen) atoms. The summed E-state index contributed by atoms with van der Waals surface area (Å²) in [5.74, 6) is 0.918. The Balaban J connectivity index is 2.65. The van der Waals surface area contributed by atoms with Gasteiger partial charge in [0.25, 0.3) is 0 Å². The minimum absolute atomic E-state index is 0.397. The van der Waals surface area contributed by atoms with Crippen molar-refractivity contribution in [1.82, 2.24) is 5.32 Å². The Morgan fingerprint density at radius 3 is 3.00 bits per heavy atom. The van der Waals surface area contributed by atoms with E-state index in [0.717, 1.165) is 5.75 Å².